The standard InChI is InChI=1S/C7H4N2O2S/c10-3-5-1-9-7(12-5)6-2-8-4-11-6/h1-4H. The summed E-state index contributed by atoms with van der Waals surface area (Å²) in [5, 5.41) is 0.676. The molecule has 0 aromatic carbocycles. The predicted molar refractivity (Wildman–Crippen MR) is 43.0 cm³/mol. The molecule has 4 nitrogen and oxygen atoms in total. The first-order chi connectivity index (χ1) is 5.90. The number of nitrogens with zero attached hydrogens (tertiary/aromatic N) is 2. The molecular weight excluding hydrogens is 176 g/mol. The zero-order chi connectivity index (χ0) is 8.39. The molecule has 2 aromatic heterocycles. The number of aldehydes is 1. The molecule has 0 atom stereocenters. The number of carbonyl (C=O) groups is 1. The van der Waals surface area contributed by atoms with E-state index in [2.05, 4.69) is 9.97 Å². The van der Waals surface area contributed by atoms with Gasteiger partial charge in [-0.3, -0.25) is 4.79 Å². The summed E-state index contributed by atoms with van der Waals surface area (Å²) in [5.41, 5.74) is 0. The zero-order valence-electron chi connectivity index (χ0n) is 5.93. The molecule has 0 spiro atoms. The Labute approximate surface area is 71.9 Å². The van der Waals surface area contributed by atoms with Crippen LogP contribution in [-0.4, -0.2) is 16.3 Å². The van der Waals surface area contributed by atoms with Crippen molar-refractivity contribution in [3.63, 3.8) is 0 Å². The third-order valence-electron chi connectivity index (χ3n) is 1.28. The first-order valence-corrected chi connectivity index (χ1v) is 4.01. The number of oxazole rings is 1. The van der Waals surface area contributed by atoms with Crippen molar-refractivity contribution in [2.75, 3.05) is 0 Å². The second-order valence-electron chi connectivity index (χ2n) is 2.05. The van der Waals surface area contributed by atoms with Gasteiger partial charge in [-0.1, -0.05) is 0 Å². The molecule has 2 heterocycles. The summed E-state index contributed by atoms with van der Waals surface area (Å²) in [6.07, 6.45) is 5.16. The van der Waals surface area contributed by atoms with Crippen LogP contribution in [-0.2, 0) is 0 Å². The first-order valence-electron chi connectivity index (χ1n) is 3.20. The van der Waals surface area contributed by atoms with Crippen LogP contribution in [0.1, 0.15) is 9.67 Å². The van der Waals surface area contributed by atoms with Crippen LogP contribution in [0.4, 0.5) is 0 Å². The Morgan fingerprint density at radius 3 is 3.00 bits per heavy atom. The molecule has 0 aliphatic rings. The van der Waals surface area contributed by atoms with E-state index >= 15 is 0 Å². The molecule has 0 unspecified atom stereocenters. The summed E-state index contributed by atoms with van der Waals surface area (Å²) >= 11 is 1.28. The largest absolute Gasteiger partial charge is 0.441 e. The minimum absolute atomic E-state index is 0.585. The minimum atomic E-state index is 0.585. The highest BCUT2D eigenvalue weighted by atomic mass is 32.1. The number of aromatic nitrogens is 2. The van der Waals surface area contributed by atoms with Crippen LogP contribution in [0, 0.1) is 0 Å². The highest BCUT2D eigenvalue weighted by molar-refractivity contribution is 7.16. The van der Waals surface area contributed by atoms with Gasteiger partial charge in [0, 0.05) is 6.20 Å². The molecule has 12 heavy (non-hydrogen) atoms. The maximum atomic E-state index is 10.3. The van der Waals surface area contributed by atoms with Crippen LogP contribution in [0.15, 0.2) is 23.2 Å². The zero-order valence-corrected chi connectivity index (χ0v) is 6.75. The lowest BCUT2D eigenvalue weighted by molar-refractivity contribution is 0.112. The highest BCUT2D eigenvalue weighted by Crippen LogP contribution is 2.23. The Morgan fingerprint density at radius 2 is 2.42 bits per heavy atom. The van der Waals surface area contributed by atoms with E-state index in [1.54, 1.807) is 6.20 Å². The van der Waals surface area contributed by atoms with Crippen molar-refractivity contribution in [3.8, 4) is 10.8 Å². The molecule has 0 aliphatic heterocycles. The van der Waals surface area contributed by atoms with Gasteiger partial charge >= 0.3 is 0 Å². The van der Waals surface area contributed by atoms with Gasteiger partial charge in [-0.05, 0) is 0 Å². The molecule has 0 bridgehead atoms. The van der Waals surface area contributed by atoms with Gasteiger partial charge in [0.1, 0.15) is 0 Å². The predicted octanol–water partition coefficient (Wildman–Crippen LogP) is 1.61. The summed E-state index contributed by atoms with van der Waals surface area (Å²) in [4.78, 5) is 18.6. The van der Waals surface area contributed by atoms with Crippen molar-refractivity contribution < 1.29 is 9.21 Å². The molecule has 0 amide bonds. The van der Waals surface area contributed by atoms with E-state index in [1.807, 2.05) is 0 Å². The van der Waals surface area contributed by atoms with E-state index in [0.717, 1.165) is 6.29 Å². The topological polar surface area (TPSA) is 56.0 Å². The average Bonchev–Trinajstić information content (AvgIpc) is 2.75. The van der Waals surface area contributed by atoms with E-state index in [1.165, 1.54) is 23.9 Å². The minimum Gasteiger partial charge on any atom is -0.441 e. The van der Waals surface area contributed by atoms with Crippen molar-refractivity contribution in [1.82, 2.24) is 9.97 Å². The van der Waals surface area contributed by atoms with Crippen LogP contribution in [0.2, 0.25) is 0 Å². The lowest BCUT2D eigenvalue weighted by Crippen LogP contribution is -1.66. The lowest BCUT2D eigenvalue weighted by atomic mass is 10.5. The fourth-order valence-electron chi connectivity index (χ4n) is 0.776. The number of rotatable bonds is 2. The SMILES string of the molecule is O=Cc1cnc(-c2cnco2)s1. The molecule has 5 heteroatoms. The van der Waals surface area contributed by atoms with Gasteiger partial charge in [-0.2, -0.15) is 0 Å². The third kappa shape index (κ3) is 1.14. The average molecular weight is 180 g/mol. The number of carbonyl (C=O) groups excluding carboxylic acids is 1. The van der Waals surface area contributed by atoms with Crippen LogP contribution < -0.4 is 0 Å². The Bertz CT molecular complexity index is 380. The number of hydrogen-bond donors (Lipinski definition) is 0. The van der Waals surface area contributed by atoms with Gasteiger partial charge in [0.15, 0.2) is 23.4 Å². The molecule has 0 fully saturated rings. The lowest BCUT2D eigenvalue weighted by Gasteiger charge is -1.82. The summed E-state index contributed by atoms with van der Waals surface area (Å²) in [5.74, 6) is 0.591. The first kappa shape index (κ1) is 7.17. The van der Waals surface area contributed by atoms with Crippen LogP contribution in [0.3, 0.4) is 0 Å². The summed E-state index contributed by atoms with van der Waals surface area (Å²) in [7, 11) is 0. The Kier molecular flexibility index (Phi) is 1.71. The van der Waals surface area contributed by atoms with E-state index in [9.17, 15) is 4.79 Å². The highest BCUT2D eigenvalue weighted by Gasteiger charge is 2.06. The Hall–Kier alpha value is -1.49. The van der Waals surface area contributed by atoms with Crippen LogP contribution in [0.5, 0.6) is 0 Å². The van der Waals surface area contributed by atoms with Gasteiger partial charge in [-0.15, -0.1) is 11.3 Å². The van der Waals surface area contributed by atoms with E-state index in [0.29, 0.717) is 15.6 Å². The monoisotopic (exact) mass is 180 g/mol. The second-order valence-corrected chi connectivity index (χ2v) is 3.11. The molecule has 0 saturated carbocycles. The second kappa shape index (κ2) is 2.86. The Morgan fingerprint density at radius 1 is 1.50 bits per heavy atom. The smallest absolute Gasteiger partial charge is 0.182 e. The van der Waals surface area contributed by atoms with E-state index in [-0.39, 0.29) is 0 Å². The molecule has 0 N–H and O–H groups in total. The van der Waals surface area contributed by atoms with Crippen molar-refractivity contribution in [2.45, 2.75) is 0 Å². The van der Waals surface area contributed by atoms with E-state index in [4.69, 9.17) is 4.42 Å². The molecule has 2 rings (SSSR count). The van der Waals surface area contributed by atoms with Gasteiger partial charge in [0.2, 0.25) is 0 Å². The van der Waals surface area contributed by atoms with Crippen molar-refractivity contribution in [3.05, 3.63) is 23.7 Å². The summed E-state index contributed by atoms with van der Waals surface area (Å²) < 4.78 is 5.00. The summed E-state index contributed by atoms with van der Waals surface area (Å²) in [6, 6.07) is 0. The van der Waals surface area contributed by atoms with Crippen molar-refractivity contribution >= 4 is 17.6 Å². The maximum absolute atomic E-state index is 10.3. The fourth-order valence-corrected chi connectivity index (χ4v) is 1.46. The van der Waals surface area contributed by atoms with Crippen LogP contribution >= 0.6 is 11.3 Å². The number of thiazole rings is 1. The summed E-state index contributed by atoms with van der Waals surface area (Å²) in [6.45, 7) is 0. The quantitative estimate of drug-likeness (QED) is 0.659. The Balaban J connectivity index is 2.41. The van der Waals surface area contributed by atoms with Gasteiger partial charge in [0.05, 0.1) is 11.1 Å². The van der Waals surface area contributed by atoms with Crippen molar-refractivity contribution in [2.24, 2.45) is 0 Å². The maximum Gasteiger partial charge on any atom is 0.182 e. The van der Waals surface area contributed by atoms with Gasteiger partial charge in [-0.25, -0.2) is 9.97 Å². The number of hydrogen-bond acceptors (Lipinski definition) is 5. The van der Waals surface area contributed by atoms with Crippen LogP contribution in [0.25, 0.3) is 10.8 Å². The third-order valence-corrected chi connectivity index (χ3v) is 2.22. The van der Waals surface area contributed by atoms with E-state index < -0.39 is 0 Å². The molecule has 2 aromatic rings. The molecule has 60 valence electrons. The fraction of sp³-hybridized carbons (Fsp3) is 0. The molecule has 0 radical (unpaired) electrons. The van der Waals surface area contributed by atoms with Gasteiger partial charge in [0.25, 0.3) is 0 Å². The normalized spacial score (nSPS) is 10.0. The molecule has 0 saturated heterocycles. The van der Waals surface area contributed by atoms with Crippen molar-refractivity contribution in [1.29, 1.82) is 0 Å². The molecular formula is C7H4N2O2S. The van der Waals surface area contributed by atoms with Gasteiger partial charge < -0.3 is 4.42 Å². The molecule has 0 aliphatic carbocycles.